The van der Waals surface area contributed by atoms with Crippen LogP contribution in [0.4, 0.5) is 0 Å². The molecular formula is C30H33BrN2O6S. The number of halogens is 1. The molecule has 8 nitrogen and oxygen atoms in total. The van der Waals surface area contributed by atoms with Crippen LogP contribution in [0, 0.1) is 0 Å². The fourth-order valence-corrected chi connectivity index (χ4v) is 6.06. The number of carbonyl (C=O) groups is 1. The largest absolute Gasteiger partial charge is 0.494 e. The Kier molecular flexibility index (Phi) is 9.52. The summed E-state index contributed by atoms with van der Waals surface area (Å²) in [5.41, 5.74) is 2.11. The number of carbonyl (C=O) groups excluding carboxylic acids is 1. The fourth-order valence-electron chi connectivity index (χ4n) is 4.46. The lowest BCUT2D eigenvalue weighted by molar-refractivity contribution is -0.139. The van der Waals surface area contributed by atoms with E-state index in [1.807, 2.05) is 64.1 Å². The zero-order chi connectivity index (χ0) is 29.0. The van der Waals surface area contributed by atoms with Gasteiger partial charge in [0.1, 0.15) is 5.75 Å². The van der Waals surface area contributed by atoms with Gasteiger partial charge in [0, 0.05) is 0 Å². The molecular weight excluding hydrogens is 596 g/mol. The quantitative estimate of drug-likeness (QED) is 0.289. The molecule has 1 aromatic heterocycles. The number of nitrogens with zero attached hydrogens (tertiary/aromatic N) is 2. The molecule has 4 rings (SSSR count). The number of allylic oxidation sites excluding steroid dienone is 1. The van der Waals surface area contributed by atoms with Crippen molar-refractivity contribution in [3.8, 4) is 17.2 Å². The van der Waals surface area contributed by atoms with E-state index in [9.17, 15) is 9.59 Å². The minimum atomic E-state index is -0.694. The third-order valence-corrected chi connectivity index (χ3v) is 7.58. The molecule has 10 heteroatoms. The summed E-state index contributed by atoms with van der Waals surface area (Å²) in [6.07, 6.45) is 1.76. The molecule has 0 radical (unpaired) electrons. The molecule has 0 fully saturated rings. The van der Waals surface area contributed by atoms with E-state index in [1.54, 1.807) is 24.5 Å². The second-order valence-corrected chi connectivity index (χ2v) is 11.1. The first-order valence-corrected chi connectivity index (χ1v) is 14.8. The Balaban J connectivity index is 1.89. The molecule has 40 heavy (non-hydrogen) atoms. The van der Waals surface area contributed by atoms with Crippen LogP contribution in [-0.2, 0) is 9.53 Å². The van der Waals surface area contributed by atoms with Crippen LogP contribution in [0.3, 0.4) is 0 Å². The Morgan fingerprint density at radius 2 is 1.80 bits per heavy atom. The van der Waals surface area contributed by atoms with Crippen LogP contribution in [0.15, 0.2) is 61.9 Å². The van der Waals surface area contributed by atoms with Crippen LogP contribution in [0.1, 0.15) is 58.7 Å². The summed E-state index contributed by atoms with van der Waals surface area (Å²) >= 11 is 4.86. The van der Waals surface area contributed by atoms with Gasteiger partial charge in [-0.2, -0.15) is 0 Å². The predicted molar refractivity (Wildman–Crippen MR) is 159 cm³/mol. The number of rotatable bonds is 10. The van der Waals surface area contributed by atoms with Gasteiger partial charge in [-0.15, -0.1) is 0 Å². The zero-order valence-electron chi connectivity index (χ0n) is 23.4. The molecule has 0 spiro atoms. The maximum absolute atomic E-state index is 13.9. The van der Waals surface area contributed by atoms with Crippen LogP contribution < -0.4 is 29.1 Å². The lowest BCUT2D eigenvalue weighted by Crippen LogP contribution is -2.39. The summed E-state index contributed by atoms with van der Waals surface area (Å²) in [4.78, 5) is 32.2. The van der Waals surface area contributed by atoms with E-state index in [2.05, 4.69) is 20.9 Å². The summed E-state index contributed by atoms with van der Waals surface area (Å²) in [5.74, 6) is 1.40. The Hall–Kier alpha value is -3.37. The molecule has 1 aliphatic heterocycles. The van der Waals surface area contributed by atoms with Crippen LogP contribution in [-0.4, -0.2) is 36.5 Å². The van der Waals surface area contributed by atoms with Gasteiger partial charge < -0.3 is 18.9 Å². The van der Waals surface area contributed by atoms with Crippen molar-refractivity contribution in [2.24, 2.45) is 4.99 Å². The van der Waals surface area contributed by atoms with Gasteiger partial charge in [0.25, 0.3) is 5.56 Å². The predicted octanol–water partition coefficient (Wildman–Crippen LogP) is 5.15. The Bertz CT molecular complexity index is 1600. The van der Waals surface area contributed by atoms with E-state index in [4.69, 9.17) is 18.9 Å². The number of fused-ring (bicyclic) bond motifs is 1. The minimum Gasteiger partial charge on any atom is -0.494 e. The lowest BCUT2D eigenvalue weighted by Gasteiger charge is -2.24. The number of esters is 1. The minimum absolute atomic E-state index is 0.0375. The first-order valence-electron chi connectivity index (χ1n) is 13.2. The van der Waals surface area contributed by atoms with E-state index in [0.29, 0.717) is 51.1 Å². The Morgan fingerprint density at radius 3 is 2.42 bits per heavy atom. The Labute approximate surface area is 245 Å². The van der Waals surface area contributed by atoms with Gasteiger partial charge in [-0.3, -0.25) is 9.36 Å². The first-order chi connectivity index (χ1) is 19.2. The number of hydrogen-bond acceptors (Lipinski definition) is 8. The molecule has 2 aromatic carbocycles. The Morgan fingerprint density at radius 1 is 1.10 bits per heavy atom. The molecule has 0 N–H and O–H groups in total. The molecule has 212 valence electrons. The maximum Gasteiger partial charge on any atom is 0.338 e. The highest BCUT2D eigenvalue weighted by Gasteiger charge is 2.33. The smallest absolute Gasteiger partial charge is 0.338 e. The SMILES string of the molecule is CCOC(=O)C1=C(C)N=c2s/c(=C\c3cc(Br)c(OC(C)C)c(OCC)c3)c(=O)n2[C@H]1c1ccc(OCC)cc1. The highest BCUT2D eigenvalue weighted by atomic mass is 79.9. The first kappa shape index (κ1) is 29.6. The number of thiazole rings is 1. The van der Waals surface area contributed by atoms with Gasteiger partial charge in [-0.1, -0.05) is 23.5 Å². The number of aromatic nitrogens is 1. The molecule has 1 atom stereocenters. The molecule has 2 heterocycles. The lowest BCUT2D eigenvalue weighted by atomic mass is 9.96. The monoisotopic (exact) mass is 628 g/mol. The zero-order valence-corrected chi connectivity index (χ0v) is 25.9. The molecule has 0 bridgehead atoms. The van der Waals surface area contributed by atoms with E-state index >= 15 is 0 Å². The maximum atomic E-state index is 13.9. The van der Waals surface area contributed by atoms with Crippen LogP contribution >= 0.6 is 27.3 Å². The topological polar surface area (TPSA) is 88.4 Å². The molecule has 0 saturated carbocycles. The number of hydrogen-bond donors (Lipinski definition) is 0. The summed E-state index contributed by atoms with van der Waals surface area (Å²) in [5, 5.41) is 0. The highest BCUT2D eigenvalue weighted by Crippen LogP contribution is 2.38. The second kappa shape index (κ2) is 12.9. The van der Waals surface area contributed by atoms with E-state index in [-0.39, 0.29) is 18.3 Å². The van der Waals surface area contributed by atoms with Crippen molar-refractivity contribution in [3.05, 3.63) is 83.0 Å². The number of benzene rings is 2. The van der Waals surface area contributed by atoms with Crippen LogP contribution in [0.5, 0.6) is 17.2 Å². The van der Waals surface area contributed by atoms with Crippen molar-refractivity contribution < 1.29 is 23.7 Å². The summed E-state index contributed by atoms with van der Waals surface area (Å²) < 4.78 is 25.5. The average Bonchev–Trinajstić information content (AvgIpc) is 3.20. The van der Waals surface area contributed by atoms with Crippen LogP contribution in [0.2, 0.25) is 0 Å². The van der Waals surface area contributed by atoms with Gasteiger partial charge in [0.15, 0.2) is 16.3 Å². The van der Waals surface area contributed by atoms with Gasteiger partial charge in [-0.05, 0) is 98.9 Å². The van der Waals surface area contributed by atoms with E-state index in [0.717, 1.165) is 15.6 Å². The summed E-state index contributed by atoms with van der Waals surface area (Å²) in [7, 11) is 0. The van der Waals surface area contributed by atoms with Crippen LogP contribution in [0.25, 0.3) is 6.08 Å². The van der Waals surface area contributed by atoms with Crippen molar-refractivity contribution >= 4 is 39.3 Å². The van der Waals surface area contributed by atoms with Gasteiger partial charge in [0.05, 0.1) is 52.2 Å². The molecule has 0 unspecified atom stereocenters. The van der Waals surface area contributed by atoms with Crippen molar-refractivity contribution in [2.75, 3.05) is 19.8 Å². The normalized spacial score (nSPS) is 15.1. The fraction of sp³-hybridized carbons (Fsp3) is 0.367. The van der Waals surface area contributed by atoms with Gasteiger partial charge in [0.2, 0.25) is 0 Å². The molecule has 0 saturated heterocycles. The van der Waals surface area contributed by atoms with E-state index in [1.165, 1.54) is 11.3 Å². The third-order valence-electron chi connectivity index (χ3n) is 6.01. The highest BCUT2D eigenvalue weighted by molar-refractivity contribution is 9.10. The van der Waals surface area contributed by atoms with Crippen molar-refractivity contribution in [1.82, 2.24) is 4.57 Å². The molecule has 0 aliphatic carbocycles. The molecule has 0 amide bonds. The second-order valence-electron chi connectivity index (χ2n) is 9.23. The standard InChI is InChI=1S/C30H33BrN2O6S/c1-7-36-21-12-10-20(11-13-21)26-25(29(35)38-9-3)18(6)32-30-33(26)28(34)24(40-30)16-19-14-22(31)27(39-17(4)5)23(15-19)37-8-2/h10-17,26H,7-9H2,1-6H3/b24-16-/t26-/m0/s1. The summed E-state index contributed by atoms with van der Waals surface area (Å²) in [6.45, 7) is 12.4. The molecule has 1 aliphatic rings. The van der Waals surface area contributed by atoms with E-state index < -0.39 is 12.0 Å². The van der Waals surface area contributed by atoms with Gasteiger partial charge in [-0.25, -0.2) is 9.79 Å². The number of ether oxygens (including phenoxy) is 4. The van der Waals surface area contributed by atoms with Crippen molar-refractivity contribution in [2.45, 2.75) is 53.7 Å². The van der Waals surface area contributed by atoms with Crippen molar-refractivity contribution in [3.63, 3.8) is 0 Å². The van der Waals surface area contributed by atoms with Gasteiger partial charge >= 0.3 is 5.97 Å². The summed E-state index contributed by atoms with van der Waals surface area (Å²) in [6, 6.07) is 10.4. The average molecular weight is 630 g/mol. The third kappa shape index (κ3) is 6.18. The van der Waals surface area contributed by atoms with Crippen molar-refractivity contribution in [1.29, 1.82) is 0 Å². The molecule has 3 aromatic rings.